The molecule has 0 saturated heterocycles. The Bertz CT molecular complexity index is 509. The van der Waals surface area contributed by atoms with Crippen LogP contribution in [0.4, 0.5) is 0 Å². The molecule has 0 aliphatic carbocycles. The van der Waals surface area contributed by atoms with Crippen molar-refractivity contribution in [3.63, 3.8) is 0 Å². The van der Waals surface area contributed by atoms with Gasteiger partial charge in [-0.2, -0.15) is 5.10 Å². The number of aromatic nitrogens is 3. The minimum absolute atomic E-state index is 0.299. The van der Waals surface area contributed by atoms with Gasteiger partial charge >= 0.3 is 0 Å². The van der Waals surface area contributed by atoms with E-state index in [-0.39, 0.29) is 0 Å². The summed E-state index contributed by atoms with van der Waals surface area (Å²) >= 11 is 6.18. The van der Waals surface area contributed by atoms with Crippen molar-refractivity contribution in [1.82, 2.24) is 20.1 Å². The molecule has 1 atom stereocenters. The summed E-state index contributed by atoms with van der Waals surface area (Å²) in [5.41, 5.74) is 1.15. The Balaban J connectivity index is 2.06. The summed E-state index contributed by atoms with van der Waals surface area (Å²) in [6.07, 6.45) is 3.29. The maximum atomic E-state index is 6.18. The highest BCUT2D eigenvalue weighted by Gasteiger charge is 2.13. The van der Waals surface area contributed by atoms with E-state index in [1.165, 1.54) is 0 Å². The second-order valence-electron chi connectivity index (χ2n) is 4.29. The van der Waals surface area contributed by atoms with E-state index in [9.17, 15) is 0 Å². The molecule has 5 heteroatoms. The van der Waals surface area contributed by atoms with Crippen molar-refractivity contribution >= 4 is 11.6 Å². The summed E-state index contributed by atoms with van der Waals surface area (Å²) in [6, 6.07) is 8.24. The van der Waals surface area contributed by atoms with Crippen LogP contribution in [-0.4, -0.2) is 27.9 Å². The van der Waals surface area contributed by atoms with Crippen LogP contribution in [0.15, 0.2) is 30.6 Å². The van der Waals surface area contributed by atoms with Crippen LogP contribution < -0.4 is 5.32 Å². The van der Waals surface area contributed by atoms with Crippen LogP contribution in [0.25, 0.3) is 0 Å². The number of hydrogen-bond donors (Lipinski definition) is 1. The Morgan fingerprint density at radius 1 is 1.33 bits per heavy atom. The summed E-state index contributed by atoms with van der Waals surface area (Å²) in [5, 5.41) is 8.20. The summed E-state index contributed by atoms with van der Waals surface area (Å²) in [4.78, 5) is 4.25. The summed E-state index contributed by atoms with van der Waals surface area (Å²) < 4.78 is 1.80. The summed E-state index contributed by atoms with van der Waals surface area (Å²) in [5.74, 6) is 0.974. The molecule has 1 unspecified atom stereocenters. The third-order valence-electron chi connectivity index (χ3n) is 3.07. The highest BCUT2D eigenvalue weighted by Crippen LogP contribution is 2.17. The van der Waals surface area contributed by atoms with Gasteiger partial charge in [0.15, 0.2) is 0 Å². The van der Waals surface area contributed by atoms with Gasteiger partial charge in [0, 0.05) is 24.5 Å². The largest absolute Gasteiger partial charge is 0.316 e. The van der Waals surface area contributed by atoms with Gasteiger partial charge in [-0.05, 0) is 25.1 Å². The lowest BCUT2D eigenvalue weighted by molar-refractivity contribution is 0.527. The third kappa shape index (κ3) is 3.09. The molecule has 0 spiro atoms. The monoisotopic (exact) mass is 264 g/mol. The molecule has 0 aliphatic rings. The lowest BCUT2D eigenvalue weighted by Gasteiger charge is -2.16. The molecule has 4 nitrogen and oxygen atoms in total. The standard InChI is InChI=1S/C13H17ClN4/c1-15-11(8-13-16-9-17-18(13)2)7-10-5-3-4-6-12(10)14/h3-6,9,11,15H,7-8H2,1-2H3. The third-order valence-corrected chi connectivity index (χ3v) is 3.44. The molecule has 96 valence electrons. The van der Waals surface area contributed by atoms with E-state index in [2.05, 4.69) is 21.5 Å². The maximum Gasteiger partial charge on any atom is 0.138 e. The van der Waals surface area contributed by atoms with Gasteiger partial charge in [-0.15, -0.1) is 0 Å². The first-order chi connectivity index (χ1) is 8.70. The zero-order valence-electron chi connectivity index (χ0n) is 10.6. The van der Waals surface area contributed by atoms with Crippen LogP contribution in [0, 0.1) is 0 Å². The van der Waals surface area contributed by atoms with E-state index in [0.29, 0.717) is 6.04 Å². The number of aryl methyl sites for hydroxylation is 1. The summed E-state index contributed by atoms with van der Waals surface area (Å²) in [6.45, 7) is 0. The van der Waals surface area contributed by atoms with E-state index < -0.39 is 0 Å². The molecule has 18 heavy (non-hydrogen) atoms. The fourth-order valence-electron chi connectivity index (χ4n) is 1.93. The normalized spacial score (nSPS) is 12.6. The van der Waals surface area contributed by atoms with Gasteiger partial charge in [0.25, 0.3) is 0 Å². The van der Waals surface area contributed by atoms with Crippen LogP contribution in [0.1, 0.15) is 11.4 Å². The van der Waals surface area contributed by atoms with Gasteiger partial charge in [-0.1, -0.05) is 29.8 Å². The fraction of sp³-hybridized carbons (Fsp3) is 0.385. The van der Waals surface area contributed by atoms with Crippen LogP contribution >= 0.6 is 11.6 Å². The minimum atomic E-state index is 0.299. The highest BCUT2D eigenvalue weighted by molar-refractivity contribution is 6.31. The minimum Gasteiger partial charge on any atom is -0.316 e. The Morgan fingerprint density at radius 3 is 2.72 bits per heavy atom. The first-order valence-electron chi connectivity index (χ1n) is 5.94. The van der Waals surface area contributed by atoms with Crippen molar-refractivity contribution in [2.45, 2.75) is 18.9 Å². The summed E-state index contributed by atoms with van der Waals surface area (Å²) in [7, 11) is 3.86. The van der Waals surface area contributed by atoms with Crippen LogP contribution in [-0.2, 0) is 19.9 Å². The molecule has 0 amide bonds. The van der Waals surface area contributed by atoms with Crippen LogP contribution in [0.5, 0.6) is 0 Å². The number of nitrogens with one attached hydrogen (secondary N) is 1. The molecule has 1 N–H and O–H groups in total. The molecule has 1 heterocycles. The smallest absolute Gasteiger partial charge is 0.138 e. The average Bonchev–Trinajstić information content (AvgIpc) is 2.77. The SMILES string of the molecule is CNC(Cc1ccccc1Cl)Cc1ncnn1C. The molecule has 0 fully saturated rings. The van der Waals surface area contributed by atoms with Gasteiger partial charge in [-0.25, -0.2) is 4.98 Å². The number of benzene rings is 1. The lowest BCUT2D eigenvalue weighted by Crippen LogP contribution is -2.31. The number of nitrogens with zero attached hydrogens (tertiary/aromatic N) is 3. The topological polar surface area (TPSA) is 42.7 Å². The first kappa shape index (κ1) is 13.1. The number of rotatable bonds is 5. The van der Waals surface area contributed by atoms with Gasteiger partial charge in [0.1, 0.15) is 12.2 Å². The lowest BCUT2D eigenvalue weighted by atomic mass is 10.0. The molecule has 1 aromatic carbocycles. The van der Waals surface area contributed by atoms with Gasteiger partial charge in [-0.3, -0.25) is 4.68 Å². The first-order valence-corrected chi connectivity index (χ1v) is 6.32. The van der Waals surface area contributed by atoms with Crippen LogP contribution in [0.2, 0.25) is 5.02 Å². The van der Waals surface area contributed by atoms with Crippen molar-refractivity contribution in [3.8, 4) is 0 Å². The highest BCUT2D eigenvalue weighted by atomic mass is 35.5. The zero-order valence-corrected chi connectivity index (χ0v) is 11.4. The molecule has 2 aromatic rings. The van der Waals surface area contributed by atoms with Gasteiger partial charge < -0.3 is 5.32 Å². The van der Waals surface area contributed by atoms with Crippen LogP contribution in [0.3, 0.4) is 0 Å². The van der Waals surface area contributed by atoms with Crippen molar-refractivity contribution < 1.29 is 0 Å². The van der Waals surface area contributed by atoms with Crippen molar-refractivity contribution in [2.75, 3.05) is 7.05 Å². The number of halogens is 1. The van der Waals surface area contributed by atoms with E-state index in [1.54, 1.807) is 11.0 Å². The van der Waals surface area contributed by atoms with Crippen molar-refractivity contribution in [1.29, 1.82) is 0 Å². The van der Waals surface area contributed by atoms with E-state index in [4.69, 9.17) is 11.6 Å². The zero-order chi connectivity index (χ0) is 13.0. The second kappa shape index (κ2) is 5.98. The molecule has 2 rings (SSSR count). The van der Waals surface area contributed by atoms with E-state index >= 15 is 0 Å². The Kier molecular flexibility index (Phi) is 4.33. The number of hydrogen-bond acceptors (Lipinski definition) is 3. The predicted octanol–water partition coefficient (Wildman–Crippen LogP) is 1.84. The average molecular weight is 265 g/mol. The van der Waals surface area contributed by atoms with E-state index in [1.807, 2.05) is 32.3 Å². The quantitative estimate of drug-likeness (QED) is 0.896. The Hall–Kier alpha value is -1.39. The molecule has 0 aliphatic heterocycles. The second-order valence-corrected chi connectivity index (χ2v) is 4.69. The van der Waals surface area contributed by atoms with E-state index in [0.717, 1.165) is 29.3 Å². The molecular formula is C13H17ClN4. The Labute approximate surface area is 112 Å². The Morgan fingerprint density at radius 2 is 2.11 bits per heavy atom. The van der Waals surface area contributed by atoms with Gasteiger partial charge in [0.05, 0.1) is 0 Å². The predicted molar refractivity (Wildman–Crippen MR) is 72.7 cm³/mol. The van der Waals surface area contributed by atoms with Crippen molar-refractivity contribution in [2.24, 2.45) is 7.05 Å². The molecule has 1 aromatic heterocycles. The fourth-order valence-corrected chi connectivity index (χ4v) is 2.14. The van der Waals surface area contributed by atoms with Gasteiger partial charge in [0.2, 0.25) is 0 Å². The maximum absolute atomic E-state index is 6.18. The van der Waals surface area contributed by atoms with Crippen molar-refractivity contribution in [3.05, 3.63) is 47.0 Å². The molecule has 0 radical (unpaired) electrons. The molecule has 0 saturated carbocycles. The molecular weight excluding hydrogens is 248 g/mol. The number of likely N-dealkylation sites (N-methyl/N-ethyl adjacent to an activating group) is 1. The molecule has 0 bridgehead atoms.